The monoisotopic (exact) mass is 332 g/mol. The molecule has 0 aliphatic heterocycles. The van der Waals surface area contributed by atoms with Gasteiger partial charge >= 0.3 is 5.97 Å². The fourth-order valence-electron chi connectivity index (χ4n) is 2.43. The molecule has 0 bridgehead atoms. The third kappa shape index (κ3) is 2.88. The molecular weight excluding hydrogens is 320 g/mol. The first-order chi connectivity index (χ1) is 12.2. The smallest absolute Gasteiger partial charge is 0.335 e. The number of aromatic amines is 1. The molecule has 8 nitrogen and oxygen atoms in total. The zero-order valence-corrected chi connectivity index (χ0v) is 12.9. The summed E-state index contributed by atoms with van der Waals surface area (Å²) >= 11 is 0. The van der Waals surface area contributed by atoms with Gasteiger partial charge in [-0.3, -0.25) is 0 Å². The lowest BCUT2D eigenvalue weighted by atomic mass is 10.1. The summed E-state index contributed by atoms with van der Waals surface area (Å²) in [5.41, 5.74) is 4.33. The first-order valence-electron chi connectivity index (χ1n) is 7.43. The molecule has 0 amide bonds. The molecule has 0 saturated carbocycles. The van der Waals surface area contributed by atoms with Crippen LogP contribution in [0.2, 0.25) is 0 Å². The summed E-state index contributed by atoms with van der Waals surface area (Å²) in [7, 11) is 0. The Kier molecular flexibility index (Phi) is 3.55. The highest BCUT2D eigenvalue weighted by molar-refractivity contribution is 5.87. The van der Waals surface area contributed by atoms with Crippen molar-refractivity contribution in [3.05, 3.63) is 66.5 Å². The fourth-order valence-corrected chi connectivity index (χ4v) is 2.43. The van der Waals surface area contributed by atoms with Gasteiger partial charge in [0.1, 0.15) is 11.4 Å². The van der Waals surface area contributed by atoms with Crippen LogP contribution in [-0.4, -0.2) is 41.5 Å². The van der Waals surface area contributed by atoms with E-state index in [-0.39, 0.29) is 5.56 Å². The van der Waals surface area contributed by atoms with E-state index in [1.165, 1.54) is 12.1 Å². The first-order valence-corrected chi connectivity index (χ1v) is 7.43. The molecule has 0 unspecified atom stereocenters. The van der Waals surface area contributed by atoms with Crippen molar-refractivity contribution in [1.82, 2.24) is 30.4 Å². The van der Waals surface area contributed by atoms with Gasteiger partial charge in [-0.15, -0.1) is 5.10 Å². The maximum absolute atomic E-state index is 10.9. The van der Waals surface area contributed by atoms with Gasteiger partial charge in [-0.25, -0.2) is 9.48 Å². The third-order valence-corrected chi connectivity index (χ3v) is 3.76. The minimum atomic E-state index is -0.960. The number of carboxylic acid groups (broad SMARTS) is 1. The van der Waals surface area contributed by atoms with Gasteiger partial charge in [0.15, 0.2) is 0 Å². The first kappa shape index (κ1) is 14.8. The van der Waals surface area contributed by atoms with E-state index in [4.69, 9.17) is 5.11 Å². The largest absolute Gasteiger partial charge is 0.478 e. The minimum Gasteiger partial charge on any atom is -0.478 e. The van der Waals surface area contributed by atoms with Crippen LogP contribution in [0.1, 0.15) is 10.4 Å². The lowest BCUT2D eigenvalue weighted by Crippen LogP contribution is -1.98. The van der Waals surface area contributed by atoms with E-state index in [0.717, 1.165) is 22.5 Å². The number of rotatable bonds is 4. The van der Waals surface area contributed by atoms with E-state index in [1.807, 2.05) is 24.3 Å². The van der Waals surface area contributed by atoms with Crippen molar-refractivity contribution in [3.63, 3.8) is 0 Å². The quantitative estimate of drug-likeness (QED) is 0.594. The van der Waals surface area contributed by atoms with Crippen molar-refractivity contribution in [1.29, 1.82) is 0 Å². The van der Waals surface area contributed by atoms with E-state index >= 15 is 0 Å². The highest BCUT2D eigenvalue weighted by Gasteiger charge is 2.08. The lowest BCUT2D eigenvalue weighted by Gasteiger charge is -2.00. The number of carboxylic acids is 1. The zero-order valence-electron chi connectivity index (χ0n) is 12.9. The minimum absolute atomic E-state index is 0.229. The summed E-state index contributed by atoms with van der Waals surface area (Å²) in [4.78, 5) is 10.9. The topological polar surface area (TPSA) is 110 Å². The molecule has 2 aromatic carbocycles. The second-order valence-electron chi connectivity index (χ2n) is 5.33. The summed E-state index contributed by atoms with van der Waals surface area (Å²) in [6.07, 6.45) is 3.45. The molecule has 0 spiro atoms. The van der Waals surface area contributed by atoms with Crippen LogP contribution in [-0.2, 0) is 0 Å². The molecule has 0 aliphatic carbocycles. The van der Waals surface area contributed by atoms with Crippen molar-refractivity contribution in [3.8, 4) is 28.2 Å². The van der Waals surface area contributed by atoms with Crippen LogP contribution in [0, 0.1) is 0 Å². The summed E-state index contributed by atoms with van der Waals surface area (Å²) < 4.78 is 1.60. The Balaban J connectivity index is 1.59. The number of benzene rings is 2. The molecule has 2 heterocycles. The molecule has 4 aromatic rings. The number of aromatic carboxylic acids is 1. The van der Waals surface area contributed by atoms with E-state index < -0.39 is 5.97 Å². The predicted octanol–water partition coefficient (Wildman–Crippen LogP) is 2.42. The lowest BCUT2D eigenvalue weighted by molar-refractivity contribution is 0.0697. The second kappa shape index (κ2) is 6.00. The molecule has 4 rings (SSSR count). The fraction of sp³-hybridized carbons (Fsp3) is 0. The van der Waals surface area contributed by atoms with Crippen molar-refractivity contribution in [2.45, 2.75) is 0 Å². The molecule has 122 valence electrons. The van der Waals surface area contributed by atoms with Crippen LogP contribution in [0.5, 0.6) is 0 Å². The molecule has 0 saturated heterocycles. The van der Waals surface area contributed by atoms with Crippen LogP contribution in [0.25, 0.3) is 28.2 Å². The van der Waals surface area contributed by atoms with Gasteiger partial charge in [-0.05, 0) is 24.3 Å². The number of nitrogens with one attached hydrogen (secondary N) is 1. The van der Waals surface area contributed by atoms with E-state index in [0.29, 0.717) is 5.69 Å². The molecule has 0 aliphatic rings. The number of hydrogen-bond donors (Lipinski definition) is 2. The summed E-state index contributed by atoms with van der Waals surface area (Å²) in [5.74, 6) is -0.960. The van der Waals surface area contributed by atoms with Gasteiger partial charge in [0.2, 0.25) is 0 Å². The summed E-state index contributed by atoms with van der Waals surface area (Å²) in [5, 5.41) is 27.6. The Morgan fingerprint density at radius 3 is 2.24 bits per heavy atom. The van der Waals surface area contributed by atoms with Gasteiger partial charge in [0.25, 0.3) is 0 Å². The Morgan fingerprint density at radius 2 is 1.64 bits per heavy atom. The zero-order chi connectivity index (χ0) is 17.2. The van der Waals surface area contributed by atoms with Crippen molar-refractivity contribution >= 4 is 5.97 Å². The van der Waals surface area contributed by atoms with Crippen molar-refractivity contribution in [2.75, 3.05) is 0 Å². The maximum Gasteiger partial charge on any atom is 0.335 e. The number of hydrogen-bond acceptors (Lipinski definition) is 5. The molecule has 0 fully saturated rings. The molecule has 0 radical (unpaired) electrons. The van der Waals surface area contributed by atoms with Crippen LogP contribution in [0.3, 0.4) is 0 Å². The van der Waals surface area contributed by atoms with E-state index in [9.17, 15) is 4.79 Å². The average molecular weight is 332 g/mol. The predicted molar refractivity (Wildman–Crippen MR) is 89.1 cm³/mol. The number of aromatic nitrogens is 6. The van der Waals surface area contributed by atoms with Crippen LogP contribution in [0.15, 0.2) is 60.9 Å². The molecule has 2 N–H and O–H groups in total. The van der Waals surface area contributed by atoms with Crippen molar-refractivity contribution < 1.29 is 9.90 Å². The maximum atomic E-state index is 10.9. The molecular formula is C17H12N6O2. The van der Waals surface area contributed by atoms with Gasteiger partial charge in [-0.1, -0.05) is 29.5 Å². The summed E-state index contributed by atoms with van der Waals surface area (Å²) in [6.45, 7) is 0. The van der Waals surface area contributed by atoms with Crippen molar-refractivity contribution in [2.24, 2.45) is 0 Å². The summed E-state index contributed by atoms with van der Waals surface area (Å²) in [6, 6.07) is 14.2. The third-order valence-electron chi connectivity index (χ3n) is 3.76. The number of carbonyl (C=O) groups is 1. The van der Waals surface area contributed by atoms with Gasteiger partial charge < -0.3 is 5.11 Å². The van der Waals surface area contributed by atoms with Gasteiger partial charge in [-0.2, -0.15) is 15.4 Å². The van der Waals surface area contributed by atoms with Gasteiger partial charge in [0.05, 0.1) is 23.6 Å². The molecule has 25 heavy (non-hydrogen) atoms. The van der Waals surface area contributed by atoms with Crippen LogP contribution in [0.4, 0.5) is 0 Å². The second-order valence-corrected chi connectivity index (χ2v) is 5.33. The van der Waals surface area contributed by atoms with E-state index in [2.05, 4.69) is 25.7 Å². The Hall–Kier alpha value is -3.81. The number of H-pyrrole nitrogens is 1. The molecule has 0 atom stereocenters. The highest BCUT2D eigenvalue weighted by Crippen LogP contribution is 2.22. The molecule has 2 aromatic heterocycles. The number of nitrogens with zero attached hydrogens (tertiary/aromatic N) is 5. The Bertz CT molecular complexity index is 1000. The average Bonchev–Trinajstić information content (AvgIpc) is 3.34. The van der Waals surface area contributed by atoms with Crippen LogP contribution < -0.4 is 0 Å². The SMILES string of the molecule is O=C(O)c1ccc(-n2cc(-c3ccc(-c4cn[nH]n4)cc3)nn2)cc1. The standard InChI is InChI=1S/C17H12N6O2/c24-17(25)13-5-7-14(8-6-13)23-10-16(20-22-23)12-3-1-11(2-4-12)15-9-18-21-19-15/h1-10H,(H,24,25)(H,18,19,21). The van der Waals surface area contributed by atoms with Crippen LogP contribution >= 0.6 is 0 Å². The Morgan fingerprint density at radius 1 is 0.960 bits per heavy atom. The molecule has 8 heteroatoms. The highest BCUT2D eigenvalue weighted by atomic mass is 16.4. The van der Waals surface area contributed by atoms with E-state index in [1.54, 1.807) is 29.2 Å². The normalized spacial score (nSPS) is 10.7. The van der Waals surface area contributed by atoms with Gasteiger partial charge in [0, 0.05) is 11.1 Å². The Labute approximate surface area is 141 Å².